The molecule has 0 radical (unpaired) electrons. The second-order valence-electron chi connectivity index (χ2n) is 6.39. The van der Waals surface area contributed by atoms with Gasteiger partial charge in [-0.05, 0) is 48.4 Å². The Morgan fingerprint density at radius 3 is 2.96 bits per heavy atom. The van der Waals surface area contributed by atoms with Crippen LogP contribution in [0.15, 0.2) is 34.3 Å². The fourth-order valence-electron chi connectivity index (χ4n) is 3.42. The molecule has 4 rings (SSSR count). The second-order valence-corrected chi connectivity index (χ2v) is 8.03. The van der Waals surface area contributed by atoms with Gasteiger partial charge in [-0.2, -0.15) is 11.3 Å². The number of nitrogens with zero attached hydrogens (tertiary/aromatic N) is 2. The van der Waals surface area contributed by atoms with Gasteiger partial charge in [0.15, 0.2) is 0 Å². The molecule has 6 heteroatoms. The topological polar surface area (TPSA) is 42.4 Å². The van der Waals surface area contributed by atoms with Gasteiger partial charge in [0.25, 0.3) is 0 Å². The smallest absolute Gasteiger partial charge is 0.233 e. The number of carbonyl (C=O) groups excluding carboxylic acids is 1. The van der Waals surface area contributed by atoms with Crippen LogP contribution in [0.25, 0.3) is 10.6 Å². The van der Waals surface area contributed by atoms with E-state index in [-0.39, 0.29) is 5.91 Å². The Morgan fingerprint density at radius 1 is 1.31 bits per heavy atom. The molecule has 1 aromatic carbocycles. The molecule has 0 aliphatic carbocycles. The fraction of sp³-hybridized carbons (Fsp3) is 0.300. The highest BCUT2D eigenvalue weighted by atomic mass is 32.1. The fourth-order valence-corrected chi connectivity index (χ4v) is 4.96. The van der Waals surface area contributed by atoms with E-state index >= 15 is 0 Å². The molecule has 0 unspecified atom stereocenters. The third-order valence-electron chi connectivity index (χ3n) is 4.73. The number of benzene rings is 1. The zero-order chi connectivity index (χ0) is 18.1. The largest absolute Gasteiger partial charge is 0.495 e. The minimum absolute atomic E-state index is 0.0806. The number of ether oxygens (including phenoxy) is 1. The maximum Gasteiger partial charge on any atom is 0.233 e. The van der Waals surface area contributed by atoms with Gasteiger partial charge in [0.2, 0.25) is 5.91 Å². The molecule has 4 nitrogen and oxygen atoms in total. The van der Waals surface area contributed by atoms with Crippen molar-refractivity contribution < 1.29 is 9.53 Å². The summed E-state index contributed by atoms with van der Waals surface area (Å²) in [5.41, 5.74) is 5.34. The van der Waals surface area contributed by atoms with Crippen molar-refractivity contribution in [3.63, 3.8) is 0 Å². The minimum Gasteiger partial charge on any atom is -0.495 e. The summed E-state index contributed by atoms with van der Waals surface area (Å²) in [5.74, 6) is 0.855. The van der Waals surface area contributed by atoms with E-state index in [0.29, 0.717) is 6.42 Å². The number of hydrogen-bond donors (Lipinski definition) is 0. The third-order valence-corrected chi connectivity index (χ3v) is 6.35. The van der Waals surface area contributed by atoms with E-state index in [1.54, 1.807) is 29.8 Å². The average molecular weight is 385 g/mol. The number of fused-ring (bicyclic) bond motifs is 1. The second kappa shape index (κ2) is 7.21. The third kappa shape index (κ3) is 3.15. The molecule has 26 heavy (non-hydrogen) atoms. The van der Waals surface area contributed by atoms with Crippen molar-refractivity contribution >= 4 is 34.3 Å². The molecule has 3 heterocycles. The summed E-state index contributed by atoms with van der Waals surface area (Å²) in [6.45, 7) is 2.83. The lowest BCUT2D eigenvalue weighted by molar-refractivity contribution is -0.118. The van der Waals surface area contributed by atoms with Gasteiger partial charge in [-0.3, -0.25) is 4.79 Å². The number of thiazole rings is 1. The van der Waals surface area contributed by atoms with Gasteiger partial charge in [-0.25, -0.2) is 4.98 Å². The Morgan fingerprint density at radius 2 is 2.19 bits per heavy atom. The van der Waals surface area contributed by atoms with Gasteiger partial charge in [0.05, 0.1) is 24.9 Å². The van der Waals surface area contributed by atoms with Crippen molar-refractivity contribution in [2.45, 2.75) is 26.2 Å². The number of aromatic nitrogens is 1. The highest BCUT2D eigenvalue weighted by molar-refractivity contribution is 7.14. The summed E-state index contributed by atoms with van der Waals surface area (Å²) < 4.78 is 5.55. The van der Waals surface area contributed by atoms with Crippen LogP contribution >= 0.6 is 22.7 Å². The summed E-state index contributed by atoms with van der Waals surface area (Å²) in [6.07, 6.45) is 2.28. The van der Waals surface area contributed by atoms with E-state index < -0.39 is 0 Å². The van der Waals surface area contributed by atoms with E-state index in [2.05, 4.69) is 29.4 Å². The standard InChI is InChI=1S/C20H20N2O2S2/c1-13-5-6-17(24-2)19-16(13)4-3-8-22(19)18(23)10-15-12-26-20(21-15)14-7-9-25-11-14/h5-7,9,11-12H,3-4,8,10H2,1-2H3. The predicted molar refractivity (Wildman–Crippen MR) is 108 cm³/mol. The zero-order valence-corrected chi connectivity index (χ0v) is 16.5. The summed E-state index contributed by atoms with van der Waals surface area (Å²) in [6, 6.07) is 6.08. The van der Waals surface area contributed by atoms with Crippen LogP contribution in [0.1, 0.15) is 23.2 Å². The molecular formula is C20H20N2O2S2. The lowest BCUT2D eigenvalue weighted by atomic mass is 9.96. The molecule has 1 amide bonds. The Kier molecular flexibility index (Phi) is 4.78. The number of aryl methyl sites for hydroxylation is 1. The monoisotopic (exact) mass is 384 g/mol. The summed E-state index contributed by atoms with van der Waals surface area (Å²) in [4.78, 5) is 19.6. The quantitative estimate of drug-likeness (QED) is 0.654. The maximum atomic E-state index is 13.0. The van der Waals surface area contributed by atoms with Crippen molar-refractivity contribution in [2.24, 2.45) is 0 Å². The molecule has 0 fully saturated rings. The number of amides is 1. The van der Waals surface area contributed by atoms with E-state index in [9.17, 15) is 4.79 Å². The molecular weight excluding hydrogens is 364 g/mol. The molecule has 0 atom stereocenters. The van der Waals surface area contributed by atoms with Crippen LogP contribution in [-0.4, -0.2) is 24.5 Å². The van der Waals surface area contributed by atoms with Crippen molar-refractivity contribution in [2.75, 3.05) is 18.6 Å². The lowest BCUT2D eigenvalue weighted by Crippen LogP contribution is -2.37. The Labute approximate surface area is 161 Å². The molecule has 1 aliphatic heterocycles. The molecule has 0 saturated heterocycles. The highest BCUT2D eigenvalue weighted by Gasteiger charge is 2.27. The number of methoxy groups -OCH3 is 1. The zero-order valence-electron chi connectivity index (χ0n) is 14.8. The molecule has 0 N–H and O–H groups in total. The van der Waals surface area contributed by atoms with Gasteiger partial charge < -0.3 is 9.64 Å². The Balaban J connectivity index is 1.60. The molecule has 1 aliphatic rings. The molecule has 2 aromatic heterocycles. The lowest BCUT2D eigenvalue weighted by Gasteiger charge is -2.32. The van der Waals surface area contributed by atoms with Crippen LogP contribution in [0.2, 0.25) is 0 Å². The Bertz CT molecular complexity index is 931. The van der Waals surface area contributed by atoms with Crippen LogP contribution < -0.4 is 9.64 Å². The normalized spacial score (nSPS) is 13.5. The van der Waals surface area contributed by atoms with Gasteiger partial charge in [0.1, 0.15) is 10.8 Å². The van der Waals surface area contributed by atoms with Crippen molar-refractivity contribution in [3.8, 4) is 16.3 Å². The van der Waals surface area contributed by atoms with E-state index in [1.165, 1.54) is 11.1 Å². The van der Waals surface area contributed by atoms with E-state index in [1.807, 2.05) is 21.7 Å². The van der Waals surface area contributed by atoms with Gasteiger partial charge >= 0.3 is 0 Å². The number of thiophene rings is 1. The Hall–Kier alpha value is -2.18. The number of rotatable bonds is 4. The number of hydrogen-bond acceptors (Lipinski definition) is 5. The summed E-state index contributed by atoms with van der Waals surface area (Å²) in [7, 11) is 1.66. The van der Waals surface area contributed by atoms with Crippen LogP contribution in [0.4, 0.5) is 5.69 Å². The van der Waals surface area contributed by atoms with Crippen LogP contribution in [0, 0.1) is 6.92 Å². The molecule has 0 bridgehead atoms. The highest BCUT2D eigenvalue weighted by Crippen LogP contribution is 2.38. The molecule has 0 saturated carbocycles. The minimum atomic E-state index is 0.0806. The number of carbonyl (C=O) groups is 1. The van der Waals surface area contributed by atoms with E-state index in [4.69, 9.17) is 4.74 Å². The summed E-state index contributed by atoms with van der Waals surface area (Å²) in [5, 5.41) is 7.09. The number of anilines is 1. The van der Waals surface area contributed by atoms with Crippen molar-refractivity contribution in [3.05, 3.63) is 51.2 Å². The van der Waals surface area contributed by atoms with Crippen molar-refractivity contribution in [1.82, 2.24) is 4.98 Å². The molecule has 0 spiro atoms. The first-order valence-corrected chi connectivity index (χ1v) is 10.4. The van der Waals surface area contributed by atoms with E-state index in [0.717, 1.165) is 47.1 Å². The first kappa shape index (κ1) is 17.2. The van der Waals surface area contributed by atoms with Crippen LogP contribution in [0.3, 0.4) is 0 Å². The van der Waals surface area contributed by atoms with Gasteiger partial charge in [-0.1, -0.05) is 6.07 Å². The predicted octanol–water partition coefficient (Wildman–Crippen LogP) is 4.71. The van der Waals surface area contributed by atoms with Gasteiger partial charge in [0, 0.05) is 22.9 Å². The average Bonchev–Trinajstić information content (AvgIpc) is 3.33. The maximum absolute atomic E-state index is 13.0. The van der Waals surface area contributed by atoms with Crippen molar-refractivity contribution in [1.29, 1.82) is 0 Å². The first-order valence-electron chi connectivity index (χ1n) is 8.61. The SMILES string of the molecule is COc1ccc(C)c2c1N(C(=O)Cc1csc(-c3ccsc3)n1)CCC2. The first-order chi connectivity index (χ1) is 12.7. The molecule has 3 aromatic rings. The van der Waals surface area contributed by atoms with Gasteiger partial charge in [-0.15, -0.1) is 11.3 Å². The molecule has 134 valence electrons. The summed E-state index contributed by atoms with van der Waals surface area (Å²) >= 11 is 3.25. The van der Waals surface area contributed by atoms with Crippen LogP contribution in [-0.2, 0) is 17.6 Å². The van der Waals surface area contributed by atoms with Crippen LogP contribution in [0.5, 0.6) is 5.75 Å².